The van der Waals surface area contributed by atoms with E-state index in [1.807, 2.05) is 54.6 Å². The molecule has 0 bridgehead atoms. The fourth-order valence-electron chi connectivity index (χ4n) is 3.29. The zero-order valence-electron chi connectivity index (χ0n) is 18.2. The maximum atomic E-state index is 12.4. The Labute approximate surface area is 220 Å². The molecule has 0 aliphatic heterocycles. The first-order chi connectivity index (χ1) is 16.3. The first-order valence-corrected chi connectivity index (χ1v) is 12.4. The summed E-state index contributed by atoms with van der Waals surface area (Å²) in [7, 11) is -3.90. The predicted octanol–water partition coefficient (Wildman–Crippen LogP) is 5.94. The Hall–Kier alpha value is -3.10. The zero-order valence-corrected chi connectivity index (χ0v) is 21.4. The summed E-state index contributed by atoms with van der Waals surface area (Å²) in [5.74, 6) is -0.210. The van der Waals surface area contributed by atoms with Gasteiger partial charge < -0.3 is 11.1 Å². The van der Waals surface area contributed by atoms with E-state index < -0.39 is 10.0 Å². The lowest BCUT2D eigenvalue weighted by Crippen LogP contribution is -2.32. The van der Waals surface area contributed by atoms with Crippen molar-refractivity contribution in [2.45, 2.75) is 11.4 Å². The minimum absolute atomic E-state index is 0. The van der Waals surface area contributed by atoms with E-state index in [2.05, 4.69) is 14.7 Å². The molecule has 0 radical (unpaired) electrons. The van der Waals surface area contributed by atoms with Crippen molar-refractivity contribution in [1.29, 1.82) is 0 Å². The standard InChI is InChI=1S/C25H20Cl2N4O2S.ClH/c26-20-10-6-18(7-11-20)23-14-17(15-29-24(23)19-8-12-21(27)13-9-19)16-30-25(28)31-34(32,33)22-4-2-1-3-5-22;/h1-15H,16H2,(H3,28,30,31);1H. The Bertz CT molecular complexity index is 1430. The molecule has 1 heterocycles. The highest BCUT2D eigenvalue weighted by Crippen LogP contribution is 2.32. The van der Waals surface area contributed by atoms with Crippen LogP contribution >= 0.6 is 35.6 Å². The number of rotatable bonds is 6. The highest BCUT2D eigenvalue weighted by molar-refractivity contribution is 7.90. The van der Waals surface area contributed by atoms with E-state index >= 15 is 0 Å². The van der Waals surface area contributed by atoms with Gasteiger partial charge in [0.05, 0.1) is 10.6 Å². The topological polar surface area (TPSA) is 97.4 Å². The molecule has 0 amide bonds. The lowest BCUT2D eigenvalue weighted by Gasteiger charge is -2.13. The molecule has 0 aliphatic carbocycles. The fraction of sp³-hybridized carbons (Fsp3) is 0.0400. The van der Waals surface area contributed by atoms with Crippen LogP contribution in [-0.2, 0) is 16.6 Å². The minimum Gasteiger partial charge on any atom is -0.369 e. The second kappa shape index (κ2) is 11.6. The number of hydrogen-bond donors (Lipinski definition) is 2. The Balaban J connectivity index is 0.00000342. The zero-order chi connectivity index (χ0) is 24.1. The number of benzene rings is 3. The normalized spacial score (nSPS) is 11.5. The maximum absolute atomic E-state index is 12.4. The molecule has 1 aromatic heterocycles. The van der Waals surface area contributed by atoms with Crippen LogP contribution in [0.3, 0.4) is 0 Å². The number of halogens is 3. The van der Waals surface area contributed by atoms with Crippen LogP contribution in [0.15, 0.2) is 100 Å². The van der Waals surface area contributed by atoms with Crippen molar-refractivity contribution in [1.82, 2.24) is 10.3 Å². The number of hydrogen-bond acceptors (Lipinski definition) is 3. The summed E-state index contributed by atoms with van der Waals surface area (Å²) in [4.78, 5) is 4.73. The van der Waals surface area contributed by atoms with Crippen molar-refractivity contribution in [2.24, 2.45) is 10.1 Å². The van der Waals surface area contributed by atoms with Crippen LogP contribution in [-0.4, -0.2) is 19.4 Å². The third-order valence-corrected chi connectivity index (χ3v) is 6.76. The van der Waals surface area contributed by atoms with Crippen LogP contribution in [0.5, 0.6) is 0 Å². The molecule has 4 aromatic rings. The van der Waals surface area contributed by atoms with Gasteiger partial charge in [0.25, 0.3) is 10.0 Å². The van der Waals surface area contributed by atoms with E-state index in [0.717, 1.165) is 27.9 Å². The molecule has 35 heavy (non-hydrogen) atoms. The molecule has 0 saturated heterocycles. The number of nitrogens with one attached hydrogen (secondary N) is 1. The van der Waals surface area contributed by atoms with E-state index in [0.29, 0.717) is 10.0 Å². The summed E-state index contributed by atoms with van der Waals surface area (Å²) in [6.45, 7) is 0.230. The lowest BCUT2D eigenvalue weighted by atomic mass is 9.98. The van der Waals surface area contributed by atoms with Gasteiger partial charge in [0, 0.05) is 33.9 Å². The molecule has 0 fully saturated rings. The number of aromatic nitrogens is 1. The van der Waals surface area contributed by atoms with Gasteiger partial charge in [-0.2, -0.15) is 8.42 Å². The molecule has 0 unspecified atom stereocenters. The minimum atomic E-state index is -3.90. The largest absolute Gasteiger partial charge is 0.369 e. The summed E-state index contributed by atoms with van der Waals surface area (Å²) in [6, 6.07) is 24.7. The summed E-state index contributed by atoms with van der Waals surface area (Å²) in [5, 5.41) is 4.12. The smallest absolute Gasteiger partial charge is 0.285 e. The summed E-state index contributed by atoms with van der Waals surface area (Å²) >= 11 is 12.1. The van der Waals surface area contributed by atoms with E-state index in [1.165, 1.54) is 12.1 Å². The summed E-state index contributed by atoms with van der Waals surface area (Å²) in [5.41, 5.74) is 10.1. The van der Waals surface area contributed by atoms with Crippen LogP contribution in [0.4, 0.5) is 0 Å². The maximum Gasteiger partial charge on any atom is 0.285 e. The van der Waals surface area contributed by atoms with Crippen LogP contribution in [0.25, 0.3) is 22.4 Å². The molecule has 0 atom stereocenters. The van der Waals surface area contributed by atoms with Gasteiger partial charge in [-0.1, -0.05) is 65.7 Å². The molecular weight excluding hydrogens is 527 g/mol. The van der Waals surface area contributed by atoms with Gasteiger partial charge >= 0.3 is 0 Å². The molecule has 6 nitrogen and oxygen atoms in total. The molecule has 3 aromatic carbocycles. The monoisotopic (exact) mass is 546 g/mol. The van der Waals surface area contributed by atoms with Crippen LogP contribution in [0.1, 0.15) is 5.56 Å². The van der Waals surface area contributed by atoms with Crippen molar-refractivity contribution < 1.29 is 8.42 Å². The first-order valence-electron chi connectivity index (χ1n) is 10.2. The Kier molecular flexibility index (Phi) is 8.75. The predicted molar refractivity (Wildman–Crippen MR) is 144 cm³/mol. The molecular formula is C25H21Cl3N4O2S. The Morgan fingerprint density at radius 2 is 1.46 bits per heavy atom. The van der Waals surface area contributed by atoms with E-state index in [4.69, 9.17) is 28.9 Å². The van der Waals surface area contributed by atoms with Crippen molar-refractivity contribution in [2.75, 3.05) is 0 Å². The molecule has 0 aliphatic rings. The van der Waals surface area contributed by atoms with Crippen molar-refractivity contribution in [3.8, 4) is 22.4 Å². The lowest BCUT2D eigenvalue weighted by molar-refractivity contribution is 0.597. The second-order valence-electron chi connectivity index (χ2n) is 7.37. The average Bonchev–Trinajstić information content (AvgIpc) is 2.84. The Morgan fingerprint density at radius 1 is 0.886 bits per heavy atom. The summed E-state index contributed by atoms with van der Waals surface area (Å²) in [6.07, 6.45) is 1.70. The second-order valence-corrected chi connectivity index (χ2v) is 9.85. The number of guanidine groups is 1. The van der Waals surface area contributed by atoms with Gasteiger partial charge in [-0.15, -0.1) is 16.8 Å². The average molecular weight is 548 g/mol. The van der Waals surface area contributed by atoms with Crippen LogP contribution in [0, 0.1) is 0 Å². The van der Waals surface area contributed by atoms with Gasteiger partial charge in [-0.25, -0.2) is 0 Å². The van der Waals surface area contributed by atoms with Crippen LogP contribution in [0.2, 0.25) is 10.0 Å². The molecule has 0 spiro atoms. The van der Waals surface area contributed by atoms with Gasteiger partial charge in [-0.3, -0.25) is 4.98 Å². The van der Waals surface area contributed by atoms with Gasteiger partial charge in [0.15, 0.2) is 0 Å². The van der Waals surface area contributed by atoms with E-state index in [-0.39, 0.29) is 29.8 Å². The van der Waals surface area contributed by atoms with Crippen molar-refractivity contribution in [3.05, 3.63) is 107 Å². The third kappa shape index (κ3) is 6.74. The number of pyridine rings is 1. The van der Waals surface area contributed by atoms with Crippen molar-refractivity contribution in [3.63, 3.8) is 0 Å². The van der Waals surface area contributed by atoms with Gasteiger partial charge in [0.1, 0.15) is 0 Å². The molecule has 0 saturated carbocycles. The third-order valence-electron chi connectivity index (χ3n) is 4.95. The molecule has 3 N–H and O–H groups in total. The SMILES string of the molecule is Cl.N/C(=N\S(=O)(=O)c1ccccc1)NCc1cnc(-c2ccc(Cl)cc2)c(-c2ccc(Cl)cc2)c1. The van der Waals surface area contributed by atoms with Crippen LogP contribution < -0.4 is 11.1 Å². The number of sulfonamides is 1. The van der Waals surface area contributed by atoms with E-state index in [1.54, 1.807) is 24.4 Å². The quantitative estimate of drug-likeness (QED) is 0.230. The number of nitrogens with zero attached hydrogens (tertiary/aromatic N) is 2. The molecule has 180 valence electrons. The van der Waals surface area contributed by atoms with Gasteiger partial charge in [-0.05, 0) is 53.6 Å². The Morgan fingerprint density at radius 3 is 2.06 bits per heavy atom. The highest BCUT2D eigenvalue weighted by atomic mass is 35.5. The fourth-order valence-corrected chi connectivity index (χ4v) is 4.47. The molecule has 4 rings (SSSR count). The summed E-state index contributed by atoms with van der Waals surface area (Å²) < 4.78 is 28.5. The first kappa shape index (κ1) is 26.5. The number of nitrogens with two attached hydrogens (primary N) is 1. The van der Waals surface area contributed by atoms with Gasteiger partial charge in [0.2, 0.25) is 5.96 Å². The van der Waals surface area contributed by atoms with Crippen molar-refractivity contribution >= 4 is 51.6 Å². The van der Waals surface area contributed by atoms with E-state index in [9.17, 15) is 8.42 Å². The molecule has 10 heteroatoms. The highest BCUT2D eigenvalue weighted by Gasteiger charge is 2.14.